The second-order valence-electron chi connectivity index (χ2n) is 3.35. The fourth-order valence-corrected chi connectivity index (χ4v) is 1.46. The monoisotopic (exact) mass is 223 g/mol. The first-order chi connectivity index (χ1) is 7.72. The maximum absolute atomic E-state index is 11.7. The van der Waals surface area contributed by atoms with Gasteiger partial charge in [0, 0.05) is 6.42 Å². The van der Waals surface area contributed by atoms with Gasteiger partial charge in [-0.25, -0.2) is 0 Å². The number of ether oxygens (including phenoxy) is 1. The molecule has 0 aliphatic heterocycles. The van der Waals surface area contributed by atoms with Gasteiger partial charge in [0.15, 0.2) is 5.78 Å². The molecule has 88 valence electrons. The average molecular weight is 223 g/mol. The number of methoxy groups -OCH3 is 1. The highest BCUT2D eigenvalue weighted by Crippen LogP contribution is 2.20. The molecule has 0 amide bonds. The van der Waals surface area contributed by atoms with Gasteiger partial charge in [0.1, 0.15) is 11.8 Å². The molecule has 0 heterocycles. The number of benzene rings is 1. The number of nitrogens with one attached hydrogen (secondary N) is 1. The number of ketones is 1. The molecule has 0 fully saturated rings. The van der Waals surface area contributed by atoms with Crippen molar-refractivity contribution < 1.29 is 14.4 Å². The molecule has 16 heavy (non-hydrogen) atoms. The van der Waals surface area contributed by atoms with Gasteiger partial charge in [0.05, 0.1) is 14.2 Å². The first kappa shape index (κ1) is 12.7. The van der Waals surface area contributed by atoms with E-state index in [4.69, 9.17) is 9.57 Å². The number of rotatable bonds is 6. The zero-order valence-corrected chi connectivity index (χ0v) is 9.82. The molecule has 1 unspecified atom stereocenters. The molecule has 1 aromatic carbocycles. The number of hydrogen-bond donors (Lipinski definition) is 1. The number of carbonyl (C=O) groups is 1. The Balaban J connectivity index is 2.95. The van der Waals surface area contributed by atoms with Gasteiger partial charge in [-0.1, -0.05) is 19.1 Å². The normalized spacial score (nSPS) is 12.2. The highest BCUT2D eigenvalue weighted by Gasteiger charge is 2.18. The van der Waals surface area contributed by atoms with Gasteiger partial charge >= 0.3 is 0 Å². The van der Waals surface area contributed by atoms with E-state index >= 15 is 0 Å². The van der Waals surface area contributed by atoms with Crippen LogP contribution in [0.15, 0.2) is 24.3 Å². The van der Waals surface area contributed by atoms with Crippen LogP contribution in [0, 0.1) is 0 Å². The summed E-state index contributed by atoms with van der Waals surface area (Å²) >= 11 is 0. The van der Waals surface area contributed by atoms with Crippen molar-refractivity contribution in [1.29, 1.82) is 0 Å². The van der Waals surface area contributed by atoms with Crippen LogP contribution in [0.5, 0.6) is 5.75 Å². The van der Waals surface area contributed by atoms with Crippen LogP contribution < -0.4 is 10.2 Å². The van der Waals surface area contributed by atoms with Crippen molar-refractivity contribution in [3.8, 4) is 5.75 Å². The fraction of sp³-hybridized carbons (Fsp3) is 0.417. The van der Waals surface area contributed by atoms with Crippen molar-refractivity contribution in [2.75, 3.05) is 14.2 Å². The maximum Gasteiger partial charge on any atom is 0.156 e. The van der Waals surface area contributed by atoms with E-state index in [1.54, 1.807) is 7.11 Å². The fourth-order valence-electron chi connectivity index (χ4n) is 1.46. The smallest absolute Gasteiger partial charge is 0.156 e. The largest absolute Gasteiger partial charge is 0.497 e. The lowest BCUT2D eigenvalue weighted by molar-refractivity contribution is -0.124. The van der Waals surface area contributed by atoms with Crippen LogP contribution in [0.4, 0.5) is 0 Å². The highest BCUT2D eigenvalue weighted by molar-refractivity contribution is 5.85. The Labute approximate surface area is 95.5 Å². The Hall–Kier alpha value is -1.39. The van der Waals surface area contributed by atoms with Gasteiger partial charge in [0.25, 0.3) is 0 Å². The molecule has 0 saturated carbocycles. The second kappa shape index (κ2) is 6.25. The van der Waals surface area contributed by atoms with Crippen LogP contribution >= 0.6 is 0 Å². The summed E-state index contributed by atoms with van der Waals surface area (Å²) in [6, 6.07) is 6.94. The molecule has 0 saturated heterocycles. The first-order valence-corrected chi connectivity index (χ1v) is 5.18. The molecular weight excluding hydrogens is 206 g/mol. The summed E-state index contributed by atoms with van der Waals surface area (Å²) in [5, 5.41) is 0. The molecule has 1 atom stereocenters. The summed E-state index contributed by atoms with van der Waals surface area (Å²) in [5.74, 6) is 0.805. The van der Waals surface area contributed by atoms with E-state index in [0.717, 1.165) is 11.3 Å². The van der Waals surface area contributed by atoms with Crippen LogP contribution in [0.3, 0.4) is 0 Å². The molecule has 4 heteroatoms. The molecule has 0 aliphatic rings. The molecule has 0 aromatic heterocycles. The molecule has 1 rings (SSSR count). The zero-order valence-electron chi connectivity index (χ0n) is 9.82. The van der Waals surface area contributed by atoms with Crippen molar-refractivity contribution in [2.24, 2.45) is 0 Å². The van der Waals surface area contributed by atoms with Crippen molar-refractivity contribution in [1.82, 2.24) is 5.48 Å². The Morgan fingerprint density at radius 2 is 2.19 bits per heavy atom. The predicted molar refractivity (Wildman–Crippen MR) is 61.2 cm³/mol. The van der Waals surface area contributed by atoms with Crippen molar-refractivity contribution in [3.05, 3.63) is 29.8 Å². The standard InChI is InChI=1S/C12H17NO3/c1-4-11(14)12(13-16-3)9-6-5-7-10(8-9)15-2/h5-8,12-13H,4H2,1-3H3. The molecule has 1 aromatic rings. The third-order valence-corrected chi connectivity index (χ3v) is 2.33. The molecule has 0 radical (unpaired) electrons. The Morgan fingerprint density at radius 1 is 1.44 bits per heavy atom. The lowest BCUT2D eigenvalue weighted by Crippen LogP contribution is -2.27. The Kier molecular flexibility index (Phi) is 4.95. The highest BCUT2D eigenvalue weighted by atomic mass is 16.6. The Morgan fingerprint density at radius 3 is 2.75 bits per heavy atom. The summed E-state index contributed by atoms with van der Waals surface area (Å²) < 4.78 is 5.12. The number of carbonyl (C=O) groups excluding carboxylic acids is 1. The molecule has 0 aliphatic carbocycles. The summed E-state index contributed by atoms with van der Waals surface area (Å²) in [6.45, 7) is 1.83. The van der Waals surface area contributed by atoms with E-state index < -0.39 is 6.04 Å². The van der Waals surface area contributed by atoms with E-state index in [9.17, 15) is 4.79 Å². The molecular formula is C12H17NO3. The van der Waals surface area contributed by atoms with Crippen molar-refractivity contribution in [2.45, 2.75) is 19.4 Å². The van der Waals surface area contributed by atoms with Gasteiger partial charge in [-0.05, 0) is 17.7 Å². The quantitative estimate of drug-likeness (QED) is 0.748. The summed E-state index contributed by atoms with van der Waals surface area (Å²) in [7, 11) is 3.09. The minimum absolute atomic E-state index is 0.0788. The van der Waals surface area contributed by atoms with E-state index in [1.807, 2.05) is 31.2 Å². The minimum Gasteiger partial charge on any atom is -0.497 e. The van der Waals surface area contributed by atoms with E-state index in [2.05, 4.69) is 5.48 Å². The van der Waals surface area contributed by atoms with Crippen molar-refractivity contribution >= 4 is 5.78 Å². The molecule has 0 bridgehead atoms. The molecule has 0 spiro atoms. The van der Waals surface area contributed by atoms with Crippen LogP contribution in [0.1, 0.15) is 24.9 Å². The van der Waals surface area contributed by atoms with Gasteiger partial charge in [-0.2, -0.15) is 5.48 Å². The van der Waals surface area contributed by atoms with Crippen LogP contribution in [0.2, 0.25) is 0 Å². The molecule has 1 N–H and O–H groups in total. The SMILES string of the molecule is CCC(=O)C(NOC)c1cccc(OC)c1. The summed E-state index contributed by atoms with van der Waals surface area (Å²) in [6.07, 6.45) is 0.457. The lowest BCUT2D eigenvalue weighted by Gasteiger charge is -2.16. The van der Waals surface area contributed by atoms with E-state index in [-0.39, 0.29) is 5.78 Å². The number of hydroxylamine groups is 1. The van der Waals surface area contributed by atoms with Crippen LogP contribution in [-0.4, -0.2) is 20.0 Å². The van der Waals surface area contributed by atoms with Crippen LogP contribution in [0.25, 0.3) is 0 Å². The first-order valence-electron chi connectivity index (χ1n) is 5.18. The van der Waals surface area contributed by atoms with Gasteiger partial charge in [-0.15, -0.1) is 0 Å². The predicted octanol–water partition coefficient (Wildman–Crippen LogP) is 1.87. The molecule has 4 nitrogen and oxygen atoms in total. The minimum atomic E-state index is -0.440. The third kappa shape index (κ3) is 3.05. The summed E-state index contributed by atoms with van der Waals surface area (Å²) in [4.78, 5) is 16.6. The Bertz CT molecular complexity index is 352. The number of hydrogen-bond acceptors (Lipinski definition) is 4. The van der Waals surface area contributed by atoms with E-state index in [1.165, 1.54) is 7.11 Å². The summed E-state index contributed by atoms with van der Waals surface area (Å²) in [5.41, 5.74) is 3.54. The lowest BCUT2D eigenvalue weighted by atomic mass is 10.0. The van der Waals surface area contributed by atoms with Gasteiger partial charge in [-0.3, -0.25) is 4.79 Å². The van der Waals surface area contributed by atoms with Crippen LogP contribution in [-0.2, 0) is 9.63 Å². The third-order valence-electron chi connectivity index (χ3n) is 2.33. The van der Waals surface area contributed by atoms with Crippen molar-refractivity contribution in [3.63, 3.8) is 0 Å². The second-order valence-corrected chi connectivity index (χ2v) is 3.35. The van der Waals surface area contributed by atoms with Gasteiger partial charge in [0.2, 0.25) is 0 Å². The maximum atomic E-state index is 11.7. The number of Topliss-reactive ketones (excluding diaryl/α,β-unsaturated/α-hetero) is 1. The van der Waals surface area contributed by atoms with Gasteiger partial charge < -0.3 is 9.57 Å². The zero-order chi connectivity index (χ0) is 12.0. The average Bonchev–Trinajstić information content (AvgIpc) is 2.35. The van der Waals surface area contributed by atoms with E-state index in [0.29, 0.717) is 6.42 Å². The topological polar surface area (TPSA) is 47.6 Å².